The predicted octanol–water partition coefficient (Wildman–Crippen LogP) is 5.84. The summed E-state index contributed by atoms with van der Waals surface area (Å²) in [5.41, 5.74) is 5.94. The maximum atomic E-state index is 12.9. The highest BCUT2D eigenvalue weighted by atomic mass is 79.9. The van der Waals surface area contributed by atoms with Crippen LogP contribution in [-0.4, -0.2) is 40.2 Å². The van der Waals surface area contributed by atoms with Crippen LogP contribution in [0.15, 0.2) is 53.3 Å². The molecule has 2 heterocycles. The van der Waals surface area contributed by atoms with Crippen molar-refractivity contribution < 1.29 is 4.79 Å². The van der Waals surface area contributed by atoms with Gasteiger partial charge in [-0.05, 0) is 67.6 Å². The highest BCUT2D eigenvalue weighted by Crippen LogP contribution is 2.33. The van der Waals surface area contributed by atoms with Crippen molar-refractivity contribution in [1.82, 2.24) is 14.7 Å². The zero-order chi connectivity index (χ0) is 22.0. The van der Waals surface area contributed by atoms with Gasteiger partial charge < -0.3 is 10.2 Å². The number of anilines is 1. The molecule has 0 radical (unpaired) electrons. The first-order valence-electron chi connectivity index (χ1n) is 10.9. The van der Waals surface area contributed by atoms with Gasteiger partial charge in [-0.15, -0.1) is 0 Å². The van der Waals surface area contributed by atoms with Crippen molar-refractivity contribution in [3.05, 3.63) is 70.0 Å². The van der Waals surface area contributed by atoms with Gasteiger partial charge in [-0.25, -0.2) is 0 Å². The summed E-state index contributed by atoms with van der Waals surface area (Å²) in [6, 6.07) is 12.6. The number of hydrogen-bond acceptors (Lipinski definition) is 3. The molecule has 6 heteroatoms. The van der Waals surface area contributed by atoms with E-state index in [4.69, 9.17) is 0 Å². The van der Waals surface area contributed by atoms with Crippen LogP contribution in [-0.2, 0) is 0 Å². The molecule has 0 spiro atoms. The quantitative estimate of drug-likeness (QED) is 0.498. The fourth-order valence-corrected chi connectivity index (χ4v) is 4.68. The van der Waals surface area contributed by atoms with E-state index in [9.17, 15) is 4.79 Å². The first-order valence-corrected chi connectivity index (χ1v) is 11.7. The fraction of sp³-hybridized carbons (Fsp3) is 0.360. The van der Waals surface area contributed by atoms with Crippen LogP contribution in [0.25, 0.3) is 11.1 Å². The lowest BCUT2D eigenvalue weighted by Crippen LogP contribution is -2.34. The third-order valence-corrected chi connectivity index (χ3v) is 7.24. The molecule has 3 aromatic rings. The number of nitrogens with zero attached hydrogens (tertiary/aromatic N) is 3. The first kappa shape index (κ1) is 21.8. The summed E-state index contributed by atoms with van der Waals surface area (Å²) in [6.45, 7) is 9.62. The molecule has 1 aliphatic rings. The molecule has 1 amide bonds. The average Bonchev–Trinajstić information content (AvgIpc) is 3.28. The van der Waals surface area contributed by atoms with Crippen molar-refractivity contribution in [1.29, 1.82) is 0 Å². The second kappa shape index (κ2) is 9.37. The Morgan fingerprint density at radius 1 is 1.10 bits per heavy atom. The molecule has 5 nitrogen and oxygen atoms in total. The van der Waals surface area contributed by atoms with Gasteiger partial charge in [0.2, 0.25) is 0 Å². The van der Waals surface area contributed by atoms with E-state index in [1.807, 2.05) is 35.1 Å². The van der Waals surface area contributed by atoms with Gasteiger partial charge in [-0.2, -0.15) is 5.10 Å². The topological polar surface area (TPSA) is 50.2 Å². The number of benzene rings is 2. The van der Waals surface area contributed by atoms with E-state index in [1.165, 1.54) is 5.56 Å². The van der Waals surface area contributed by atoms with Crippen LogP contribution in [0.2, 0.25) is 0 Å². The van der Waals surface area contributed by atoms with E-state index in [0.29, 0.717) is 11.6 Å². The number of carbonyl (C=O) groups is 1. The van der Waals surface area contributed by atoms with Crippen LogP contribution in [0.1, 0.15) is 47.3 Å². The Morgan fingerprint density at radius 2 is 1.77 bits per heavy atom. The summed E-state index contributed by atoms with van der Waals surface area (Å²) in [5, 5.41) is 7.59. The number of rotatable bonds is 5. The van der Waals surface area contributed by atoms with Crippen LogP contribution in [0.3, 0.4) is 0 Å². The molecular weight excluding hydrogens is 452 g/mol. The van der Waals surface area contributed by atoms with Crippen LogP contribution in [0, 0.1) is 13.8 Å². The van der Waals surface area contributed by atoms with Crippen molar-refractivity contribution in [3.8, 4) is 11.1 Å². The van der Waals surface area contributed by atoms with Crippen LogP contribution >= 0.6 is 15.9 Å². The lowest BCUT2D eigenvalue weighted by atomic mass is 9.95. The Hall–Kier alpha value is -2.44. The van der Waals surface area contributed by atoms with Crippen LogP contribution in [0.5, 0.6) is 0 Å². The number of amides is 1. The molecule has 162 valence electrons. The van der Waals surface area contributed by atoms with Crippen LogP contribution < -0.4 is 5.32 Å². The minimum absolute atomic E-state index is 0.122. The Morgan fingerprint density at radius 3 is 2.48 bits per heavy atom. The highest BCUT2D eigenvalue weighted by molar-refractivity contribution is 9.10. The lowest BCUT2D eigenvalue weighted by Gasteiger charge is -2.31. The predicted molar refractivity (Wildman–Crippen MR) is 130 cm³/mol. The van der Waals surface area contributed by atoms with E-state index in [-0.39, 0.29) is 5.91 Å². The molecule has 0 unspecified atom stereocenters. The molecule has 0 saturated carbocycles. The number of nitrogens with one attached hydrogen (secondary N) is 1. The third kappa shape index (κ3) is 4.60. The minimum Gasteiger partial charge on any atom is -0.322 e. The number of piperidine rings is 1. The summed E-state index contributed by atoms with van der Waals surface area (Å²) >= 11 is 3.62. The Labute approximate surface area is 192 Å². The highest BCUT2D eigenvalue weighted by Gasteiger charge is 2.21. The van der Waals surface area contributed by atoms with Gasteiger partial charge in [0, 0.05) is 29.4 Å². The monoisotopic (exact) mass is 480 g/mol. The van der Waals surface area contributed by atoms with Crippen molar-refractivity contribution in [3.63, 3.8) is 0 Å². The number of aromatic nitrogens is 2. The maximum Gasteiger partial charge on any atom is 0.258 e. The molecule has 1 aromatic heterocycles. The van der Waals surface area contributed by atoms with E-state index in [1.54, 1.807) is 6.20 Å². The van der Waals surface area contributed by atoms with Gasteiger partial charge in [0.15, 0.2) is 0 Å². The van der Waals surface area contributed by atoms with Gasteiger partial charge in [-0.3, -0.25) is 9.48 Å². The van der Waals surface area contributed by atoms with Crippen molar-refractivity contribution >= 4 is 27.5 Å². The smallest absolute Gasteiger partial charge is 0.258 e. The third-order valence-electron chi connectivity index (χ3n) is 6.38. The van der Waals surface area contributed by atoms with Crippen molar-refractivity contribution in [2.75, 3.05) is 25.0 Å². The largest absolute Gasteiger partial charge is 0.322 e. The van der Waals surface area contributed by atoms with Gasteiger partial charge >= 0.3 is 0 Å². The molecule has 1 N–H and O–H groups in total. The average molecular weight is 481 g/mol. The molecule has 1 aliphatic heterocycles. The summed E-state index contributed by atoms with van der Waals surface area (Å²) < 4.78 is 3.05. The van der Waals surface area contributed by atoms with Gasteiger partial charge in [-0.1, -0.05) is 47.1 Å². The van der Waals surface area contributed by atoms with Crippen LogP contribution in [0.4, 0.5) is 5.69 Å². The normalized spacial score (nSPS) is 15.2. The molecular formula is C25H29BrN4O. The van der Waals surface area contributed by atoms with Crippen molar-refractivity contribution in [2.24, 2.45) is 0 Å². The first-order chi connectivity index (χ1) is 15.0. The number of halogens is 1. The second-order valence-electron chi connectivity index (χ2n) is 8.22. The number of likely N-dealkylation sites (tertiary alicyclic amines) is 1. The summed E-state index contributed by atoms with van der Waals surface area (Å²) in [5.74, 6) is -0.122. The molecule has 0 aliphatic carbocycles. The summed E-state index contributed by atoms with van der Waals surface area (Å²) in [7, 11) is 0. The van der Waals surface area contributed by atoms with Gasteiger partial charge in [0.1, 0.15) is 0 Å². The molecule has 4 rings (SSSR count). The second-order valence-corrected chi connectivity index (χ2v) is 9.07. The van der Waals surface area contributed by atoms with Crippen molar-refractivity contribution in [2.45, 2.75) is 39.7 Å². The Balaban J connectivity index is 1.51. The van der Waals surface area contributed by atoms with E-state index in [2.05, 4.69) is 64.1 Å². The molecule has 0 bridgehead atoms. The summed E-state index contributed by atoms with van der Waals surface area (Å²) in [4.78, 5) is 15.4. The minimum atomic E-state index is -0.122. The van der Waals surface area contributed by atoms with E-state index in [0.717, 1.165) is 59.3 Å². The molecule has 1 saturated heterocycles. The van der Waals surface area contributed by atoms with Gasteiger partial charge in [0.05, 0.1) is 17.8 Å². The van der Waals surface area contributed by atoms with E-state index < -0.39 is 0 Å². The molecule has 1 fully saturated rings. The number of carbonyl (C=O) groups excluding carboxylic acids is 1. The Kier molecular flexibility index (Phi) is 6.58. The Bertz CT molecular complexity index is 1080. The molecule has 0 atom stereocenters. The summed E-state index contributed by atoms with van der Waals surface area (Å²) in [6.07, 6.45) is 5.71. The molecule has 31 heavy (non-hydrogen) atoms. The number of hydrogen-bond donors (Lipinski definition) is 1. The lowest BCUT2D eigenvalue weighted by molar-refractivity contribution is 0.102. The van der Waals surface area contributed by atoms with Gasteiger partial charge in [0.25, 0.3) is 5.91 Å². The fourth-order valence-electron chi connectivity index (χ4n) is 4.31. The zero-order valence-electron chi connectivity index (χ0n) is 18.4. The SMILES string of the molecule is CCN1CCC(n2cc(C(=O)Nc3cccc(-c4cccc(Br)c4C)c3C)cn2)CC1. The zero-order valence-corrected chi connectivity index (χ0v) is 19.9. The standard InChI is InChI=1S/C25H29BrN4O/c1-4-29-13-11-20(12-14-29)30-16-19(15-27-30)25(31)28-24-10-6-8-22(18(24)3)21-7-5-9-23(26)17(21)2/h5-10,15-16,20H,4,11-14H2,1-3H3,(H,28,31). The van der Waals surface area contributed by atoms with E-state index >= 15 is 0 Å². The maximum absolute atomic E-state index is 12.9. The molecule has 2 aromatic carbocycles.